The number of anilines is 2. The van der Waals surface area contributed by atoms with Crippen LogP contribution in [0.2, 0.25) is 10.0 Å². The van der Waals surface area contributed by atoms with Gasteiger partial charge in [0.15, 0.2) is 10.9 Å². The lowest BCUT2D eigenvalue weighted by Gasteiger charge is -2.09. The summed E-state index contributed by atoms with van der Waals surface area (Å²) in [5.41, 5.74) is 2.55. The lowest BCUT2D eigenvalue weighted by atomic mass is 10.1. The Bertz CT molecular complexity index is 1390. The van der Waals surface area contributed by atoms with E-state index in [0.717, 1.165) is 20.5 Å². The van der Waals surface area contributed by atoms with Gasteiger partial charge in [-0.1, -0.05) is 59.6 Å². The predicted octanol–water partition coefficient (Wildman–Crippen LogP) is 7.64. The highest BCUT2D eigenvalue weighted by Crippen LogP contribution is 2.31. The van der Waals surface area contributed by atoms with Crippen LogP contribution >= 0.6 is 62.7 Å². The lowest BCUT2D eigenvalue weighted by Crippen LogP contribution is -2.20. The molecule has 0 radical (unpaired) electrons. The van der Waals surface area contributed by atoms with Crippen molar-refractivity contribution in [3.05, 3.63) is 96.9 Å². The first kappa shape index (κ1) is 26.6. The average Bonchev–Trinajstić information content (AvgIpc) is 3.39. The Labute approximate surface area is 236 Å². The van der Waals surface area contributed by atoms with Crippen LogP contribution in [0.4, 0.5) is 10.8 Å². The monoisotopic (exact) mass is 622 g/mol. The van der Waals surface area contributed by atoms with Crippen LogP contribution in [-0.4, -0.2) is 27.5 Å². The molecule has 186 valence electrons. The van der Waals surface area contributed by atoms with Crippen molar-refractivity contribution < 1.29 is 9.53 Å². The standard InChI is InChI=1S/C25H21BrCl2N4O2S2/c1-2-34-24(33)18-12-17(10-15-6-4-3-5-7-15)36-23(18)30-25(35)29-22-19(26)14-32(31-22)13-16-8-9-20(27)21(28)11-16/h3-9,11-12,14H,2,10,13H2,1H3,(H2,29,30,31,35). The van der Waals surface area contributed by atoms with Gasteiger partial charge >= 0.3 is 5.97 Å². The summed E-state index contributed by atoms with van der Waals surface area (Å²) >= 11 is 22.6. The van der Waals surface area contributed by atoms with Crippen molar-refractivity contribution >= 4 is 84.6 Å². The number of rotatable bonds is 8. The van der Waals surface area contributed by atoms with Gasteiger partial charge in [0.25, 0.3) is 0 Å². The van der Waals surface area contributed by atoms with E-state index in [2.05, 4.69) is 43.8 Å². The molecule has 0 saturated heterocycles. The maximum Gasteiger partial charge on any atom is 0.341 e. The summed E-state index contributed by atoms with van der Waals surface area (Å²) in [5.74, 6) is 0.136. The number of esters is 1. The Morgan fingerprint density at radius 1 is 1.11 bits per heavy atom. The Kier molecular flexibility index (Phi) is 9.03. The van der Waals surface area contributed by atoms with E-state index in [9.17, 15) is 4.79 Å². The molecule has 11 heteroatoms. The molecule has 0 aliphatic rings. The number of thiophene rings is 1. The quantitative estimate of drug-likeness (QED) is 0.155. The van der Waals surface area contributed by atoms with Gasteiger partial charge in [0, 0.05) is 17.5 Å². The summed E-state index contributed by atoms with van der Waals surface area (Å²) in [6.07, 6.45) is 2.53. The molecule has 0 spiro atoms. The fraction of sp³-hybridized carbons (Fsp3) is 0.160. The number of halogens is 3. The molecule has 36 heavy (non-hydrogen) atoms. The van der Waals surface area contributed by atoms with Gasteiger partial charge in [-0.2, -0.15) is 5.10 Å². The highest BCUT2D eigenvalue weighted by atomic mass is 79.9. The molecule has 0 aliphatic heterocycles. The zero-order valence-corrected chi connectivity index (χ0v) is 23.8. The maximum atomic E-state index is 12.6. The van der Waals surface area contributed by atoms with E-state index in [4.69, 9.17) is 40.2 Å². The second-order valence-corrected chi connectivity index (χ2v) is 10.9. The summed E-state index contributed by atoms with van der Waals surface area (Å²) in [6.45, 7) is 2.56. The zero-order chi connectivity index (χ0) is 25.7. The molecule has 6 nitrogen and oxygen atoms in total. The van der Waals surface area contributed by atoms with Crippen molar-refractivity contribution in [2.24, 2.45) is 0 Å². The van der Waals surface area contributed by atoms with Gasteiger partial charge in [-0.15, -0.1) is 11.3 Å². The van der Waals surface area contributed by atoms with Crippen LogP contribution in [0.1, 0.15) is 33.3 Å². The Balaban J connectivity index is 1.47. The highest BCUT2D eigenvalue weighted by molar-refractivity contribution is 9.10. The molecule has 0 bridgehead atoms. The van der Waals surface area contributed by atoms with Gasteiger partial charge < -0.3 is 15.4 Å². The number of hydrogen-bond donors (Lipinski definition) is 2. The molecule has 2 aromatic carbocycles. The van der Waals surface area contributed by atoms with Crippen LogP contribution < -0.4 is 10.6 Å². The molecule has 0 aliphatic carbocycles. The first-order valence-corrected chi connectivity index (χ1v) is 13.7. The number of benzene rings is 2. The molecular weight excluding hydrogens is 603 g/mol. The number of aromatic nitrogens is 2. The minimum atomic E-state index is -0.398. The normalized spacial score (nSPS) is 10.8. The van der Waals surface area contributed by atoms with E-state index in [-0.39, 0.29) is 6.61 Å². The molecule has 0 amide bonds. The molecule has 4 rings (SSSR count). The number of hydrogen-bond acceptors (Lipinski definition) is 5. The van der Waals surface area contributed by atoms with Gasteiger partial charge in [-0.3, -0.25) is 4.68 Å². The Morgan fingerprint density at radius 3 is 2.61 bits per heavy atom. The molecule has 0 atom stereocenters. The van der Waals surface area contributed by atoms with Crippen LogP contribution in [0, 0.1) is 0 Å². The number of thiocarbonyl (C=S) groups is 1. The second-order valence-electron chi connectivity index (χ2n) is 7.69. The van der Waals surface area contributed by atoms with Crippen LogP contribution in [0.5, 0.6) is 0 Å². The van der Waals surface area contributed by atoms with E-state index in [1.807, 2.05) is 36.5 Å². The molecular formula is C25H21BrCl2N4O2S2. The summed E-state index contributed by atoms with van der Waals surface area (Å²) in [5, 5.41) is 12.7. The summed E-state index contributed by atoms with van der Waals surface area (Å²) in [4.78, 5) is 13.6. The molecule has 2 heterocycles. The molecule has 0 saturated carbocycles. The topological polar surface area (TPSA) is 68.2 Å². The number of nitrogens with zero attached hydrogens (tertiary/aromatic N) is 2. The van der Waals surface area contributed by atoms with E-state index in [1.54, 1.807) is 23.7 Å². The van der Waals surface area contributed by atoms with Crippen molar-refractivity contribution in [3.8, 4) is 0 Å². The summed E-state index contributed by atoms with van der Waals surface area (Å²) in [6, 6.07) is 17.4. The number of carbonyl (C=O) groups excluding carboxylic acids is 1. The van der Waals surface area contributed by atoms with Crippen molar-refractivity contribution in [2.75, 3.05) is 17.2 Å². The molecule has 2 N–H and O–H groups in total. The first-order chi connectivity index (χ1) is 17.3. The van der Waals surface area contributed by atoms with Crippen molar-refractivity contribution in [3.63, 3.8) is 0 Å². The SMILES string of the molecule is CCOC(=O)c1cc(Cc2ccccc2)sc1NC(=S)Nc1nn(Cc2ccc(Cl)c(Cl)c2)cc1Br. The van der Waals surface area contributed by atoms with Gasteiger partial charge in [-0.05, 0) is 64.4 Å². The predicted molar refractivity (Wildman–Crippen MR) is 155 cm³/mol. The minimum Gasteiger partial charge on any atom is -0.462 e. The summed E-state index contributed by atoms with van der Waals surface area (Å²) < 4.78 is 7.73. The number of carbonyl (C=O) groups is 1. The van der Waals surface area contributed by atoms with Crippen molar-refractivity contribution in [2.45, 2.75) is 19.9 Å². The van der Waals surface area contributed by atoms with Crippen molar-refractivity contribution in [1.29, 1.82) is 0 Å². The molecule has 2 aromatic heterocycles. The van der Waals surface area contributed by atoms with Crippen LogP contribution in [-0.2, 0) is 17.7 Å². The van der Waals surface area contributed by atoms with Crippen LogP contribution in [0.25, 0.3) is 0 Å². The first-order valence-electron chi connectivity index (χ1n) is 10.9. The van der Waals surface area contributed by atoms with E-state index in [0.29, 0.717) is 44.5 Å². The maximum absolute atomic E-state index is 12.6. The largest absolute Gasteiger partial charge is 0.462 e. The number of ether oxygens (including phenoxy) is 1. The van der Waals surface area contributed by atoms with Gasteiger partial charge in [0.1, 0.15) is 5.00 Å². The van der Waals surface area contributed by atoms with E-state index >= 15 is 0 Å². The van der Waals surface area contributed by atoms with Crippen LogP contribution in [0.3, 0.4) is 0 Å². The summed E-state index contributed by atoms with van der Waals surface area (Å²) in [7, 11) is 0. The van der Waals surface area contributed by atoms with Gasteiger partial charge in [-0.25, -0.2) is 4.79 Å². The Morgan fingerprint density at radius 2 is 1.89 bits per heavy atom. The lowest BCUT2D eigenvalue weighted by molar-refractivity contribution is 0.0528. The van der Waals surface area contributed by atoms with E-state index < -0.39 is 5.97 Å². The third-order valence-corrected chi connectivity index (χ3v) is 7.58. The van der Waals surface area contributed by atoms with E-state index in [1.165, 1.54) is 11.3 Å². The smallest absolute Gasteiger partial charge is 0.341 e. The molecule has 4 aromatic rings. The third kappa shape index (κ3) is 6.86. The van der Waals surface area contributed by atoms with Crippen molar-refractivity contribution in [1.82, 2.24) is 9.78 Å². The van der Waals surface area contributed by atoms with Crippen LogP contribution in [0.15, 0.2) is 65.3 Å². The van der Waals surface area contributed by atoms with Gasteiger partial charge in [0.05, 0.1) is 33.2 Å². The van der Waals surface area contributed by atoms with Gasteiger partial charge in [0.2, 0.25) is 0 Å². The third-order valence-electron chi connectivity index (χ3n) is 5.00. The minimum absolute atomic E-state index is 0.286. The molecule has 0 unspecified atom stereocenters. The molecule has 0 fully saturated rings. The average molecular weight is 624 g/mol. The Hall–Kier alpha value is -2.43. The second kappa shape index (κ2) is 12.2. The zero-order valence-electron chi connectivity index (χ0n) is 19.1. The fourth-order valence-corrected chi connectivity index (χ4v) is 5.49. The highest BCUT2D eigenvalue weighted by Gasteiger charge is 2.19. The number of nitrogens with one attached hydrogen (secondary N) is 2. The fourth-order valence-electron chi connectivity index (χ4n) is 3.41.